The molecule has 0 aliphatic heterocycles. The Morgan fingerprint density at radius 3 is 2.43 bits per heavy atom. The van der Waals surface area contributed by atoms with Gasteiger partial charge in [0.1, 0.15) is 11.5 Å². The predicted octanol–water partition coefficient (Wildman–Crippen LogP) is 3.63. The first kappa shape index (κ1) is 21.2. The monoisotopic (exact) mass is 428 g/mol. The lowest BCUT2D eigenvalue weighted by molar-refractivity contribution is -0.116. The number of hydrogen-bond donors (Lipinski definition) is 2. The minimum absolute atomic E-state index is 0.0365. The van der Waals surface area contributed by atoms with Crippen LogP contribution in [0.1, 0.15) is 22.5 Å². The Labute approximate surface area is 176 Å². The van der Waals surface area contributed by atoms with E-state index in [0.717, 1.165) is 16.3 Å². The van der Waals surface area contributed by atoms with Gasteiger partial charge in [0.05, 0.1) is 11.6 Å². The molecule has 0 unspecified atom stereocenters. The first-order valence-electron chi connectivity index (χ1n) is 9.03. The van der Waals surface area contributed by atoms with Crippen molar-refractivity contribution in [2.45, 2.75) is 19.9 Å². The summed E-state index contributed by atoms with van der Waals surface area (Å²) in [6.07, 6.45) is -0.0784. The number of aryl methyl sites for hydroxylation is 2. The highest BCUT2D eigenvalue weighted by Gasteiger charge is 2.12. The van der Waals surface area contributed by atoms with E-state index in [9.17, 15) is 18.8 Å². The molecule has 0 aliphatic carbocycles. The van der Waals surface area contributed by atoms with Crippen LogP contribution in [0.4, 0.5) is 15.8 Å². The van der Waals surface area contributed by atoms with E-state index in [0.29, 0.717) is 11.4 Å². The molecule has 2 N–H and O–H groups in total. The van der Waals surface area contributed by atoms with Gasteiger partial charge in [-0.05, 0) is 43.3 Å². The van der Waals surface area contributed by atoms with E-state index in [4.69, 9.17) is 11.6 Å². The summed E-state index contributed by atoms with van der Waals surface area (Å²) in [5, 5.41) is 9.18. The second kappa shape index (κ2) is 9.32. The second-order valence-electron chi connectivity index (χ2n) is 6.53. The van der Waals surface area contributed by atoms with Gasteiger partial charge >= 0.3 is 0 Å². The maximum absolute atomic E-state index is 13.2. The zero-order valence-corrected chi connectivity index (χ0v) is 16.7. The number of nitrogens with zero attached hydrogens (tertiary/aromatic N) is 2. The fraction of sp³-hybridized carbons (Fsp3) is 0.143. The van der Waals surface area contributed by atoms with Gasteiger partial charge in [0.25, 0.3) is 11.5 Å². The molecule has 7 nitrogen and oxygen atoms in total. The molecule has 0 spiro atoms. The number of benzene rings is 2. The Balaban J connectivity index is 1.63. The Morgan fingerprint density at radius 2 is 1.73 bits per heavy atom. The number of carbonyl (C=O) groups is 2. The van der Waals surface area contributed by atoms with Crippen molar-refractivity contribution < 1.29 is 14.0 Å². The molecule has 0 fully saturated rings. The van der Waals surface area contributed by atoms with Gasteiger partial charge in [-0.25, -0.2) is 9.07 Å². The normalized spacial score (nSPS) is 10.5. The largest absolute Gasteiger partial charge is 0.326 e. The first-order valence-corrected chi connectivity index (χ1v) is 9.41. The van der Waals surface area contributed by atoms with E-state index < -0.39 is 23.2 Å². The van der Waals surface area contributed by atoms with Gasteiger partial charge in [0, 0.05) is 23.9 Å². The Hall–Kier alpha value is -3.52. The molecule has 1 aromatic heterocycles. The van der Waals surface area contributed by atoms with E-state index in [1.165, 1.54) is 24.3 Å². The van der Waals surface area contributed by atoms with Crippen molar-refractivity contribution >= 4 is 34.8 Å². The number of amides is 2. The van der Waals surface area contributed by atoms with Gasteiger partial charge in [0.15, 0.2) is 0 Å². The van der Waals surface area contributed by atoms with Crippen LogP contribution in [0.25, 0.3) is 0 Å². The third-order valence-corrected chi connectivity index (χ3v) is 4.45. The van der Waals surface area contributed by atoms with E-state index in [2.05, 4.69) is 15.7 Å². The Kier molecular flexibility index (Phi) is 6.58. The zero-order chi connectivity index (χ0) is 21.7. The third kappa shape index (κ3) is 5.51. The molecule has 1 heterocycles. The molecule has 0 radical (unpaired) electrons. The lowest BCUT2D eigenvalue weighted by Crippen LogP contribution is -2.28. The van der Waals surface area contributed by atoms with E-state index in [1.54, 1.807) is 12.1 Å². The molecule has 0 saturated heterocycles. The lowest BCUT2D eigenvalue weighted by atomic mass is 10.2. The minimum Gasteiger partial charge on any atom is -0.326 e. The van der Waals surface area contributed by atoms with Crippen LogP contribution >= 0.6 is 11.6 Å². The summed E-state index contributed by atoms with van der Waals surface area (Å²) in [5.41, 5.74) is 1.58. The molecule has 0 aliphatic rings. The van der Waals surface area contributed by atoms with Crippen LogP contribution in [-0.2, 0) is 11.3 Å². The molecule has 3 rings (SSSR count). The summed E-state index contributed by atoms with van der Waals surface area (Å²) in [7, 11) is 0. The van der Waals surface area contributed by atoms with Crippen LogP contribution in [0.5, 0.6) is 0 Å². The number of rotatable bonds is 6. The van der Waals surface area contributed by atoms with Crippen LogP contribution in [-0.4, -0.2) is 21.6 Å². The van der Waals surface area contributed by atoms with Crippen molar-refractivity contribution in [1.29, 1.82) is 0 Å². The zero-order valence-electron chi connectivity index (χ0n) is 16.0. The van der Waals surface area contributed by atoms with Crippen LogP contribution in [0.15, 0.2) is 59.4 Å². The lowest BCUT2D eigenvalue weighted by Gasteiger charge is -2.09. The second-order valence-corrected chi connectivity index (χ2v) is 6.93. The number of aromatic nitrogens is 2. The summed E-state index contributed by atoms with van der Waals surface area (Å²) >= 11 is 5.68. The number of halogens is 2. The maximum atomic E-state index is 13.2. The average molecular weight is 429 g/mol. The standard InChI is InChI=1S/C21H18ClFN4O3/c1-13-2-4-14(5-3-13)25-21(30)18-8-9-20(29)27(26-18)11-10-19(28)24-15-6-7-17(23)16(22)12-15/h2-9,12H,10-11H2,1H3,(H,24,28)(H,25,30). The van der Waals surface area contributed by atoms with E-state index >= 15 is 0 Å². The van der Waals surface area contributed by atoms with Crippen molar-refractivity contribution in [2.75, 3.05) is 10.6 Å². The molecule has 154 valence electrons. The Morgan fingerprint density at radius 1 is 1.03 bits per heavy atom. The van der Waals surface area contributed by atoms with Crippen molar-refractivity contribution in [3.8, 4) is 0 Å². The van der Waals surface area contributed by atoms with E-state index in [-0.39, 0.29) is 23.7 Å². The Bertz CT molecular complexity index is 1150. The smallest absolute Gasteiger partial charge is 0.276 e. The molecule has 2 aromatic carbocycles. The quantitative estimate of drug-likeness (QED) is 0.627. The third-order valence-electron chi connectivity index (χ3n) is 4.16. The molecule has 0 saturated carbocycles. The van der Waals surface area contributed by atoms with Crippen molar-refractivity contribution in [3.05, 3.63) is 87.0 Å². The fourth-order valence-corrected chi connectivity index (χ4v) is 2.75. The fourth-order valence-electron chi connectivity index (χ4n) is 2.57. The van der Waals surface area contributed by atoms with Crippen molar-refractivity contribution in [3.63, 3.8) is 0 Å². The van der Waals surface area contributed by atoms with Crippen molar-refractivity contribution in [2.24, 2.45) is 0 Å². The molecule has 2 amide bonds. The topological polar surface area (TPSA) is 93.1 Å². The molecule has 9 heteroatoms. The summed E-state index contributed by atoms with van der Waals surface area (Å²) in [4.78, 5) is 36.5. The first-order chi connectivity index (χ1) is 14.3. The average Bonchev–Trinajstić information content (AvgIpc) is 2.72. The molecular formula is C21H18ClFN4O3. The summed E-state index contributed by atoms with van der Waals surface area (Å²) < 4.78 is 14.2. The molecular weight excluding hydrogens is 411 g/mol. The molecule has 30 heavy (non-hydrogen) atoms. The van der Waals surface area contributed by atoms with E-state index in [1.807, 2.05) is 19.1 Å². The predicted molar refractivity (Wildman–Crippen MR) is 112 cm³/mol. The van der Waals surface area contributed by atoms with Crippen LogP contribution in [0.3, 0.4) is 0 Å². The molecule has 0 bridgehead atoms. The SMILES string of the molecule is Cc1ccc(NC(=O)c2ccc(=O)n(CCC(=O)Nc3ccc(F)c(Cl)c3)n2)cc1. The van der Waals surface area contributed by atoms with Gasteiger partial charge in [-0.3, -0.25) is 14.4 Å². The van der Waals surface area contributed by atoms with Gasteiger partial charge in [-0.1, -0.05) is 29.3 Å². The van der Waals surface area contributed by atoms with Crippen molar-refractivity contribution in [1.82, 2.24) is 9.78 Å². The van der Waals surface area contributed by atoms with Crippen LogP contribution < -0.4 is 16.2 Å². The molecule has 3 aromatic rings. The maximum Gasteiger partial charge on any atom is 0.276 e. The van der Waals surface area contributed by atoms with Gasteiger partial charge in [-0.2, -0.15) is 5.10 Å². The van der Waals surface area contributed by atoms with Gasteiger partial charge in [0.2, 0.25) is 5.91 Å². The van der Waals surface area contributed by atoms with Crippen LogP contribution in [0, 0.1) is 12.7 Å². The van der Waals surface area contributed by atoms with Crippen LogP contribution in [0.2, 0.25) is 5.02 Å². The molecule has 0 atom stereocenters. The highest BCUT2D eigenvalue weighted by atomic mass is 35.5. The van der Waals surface area contributed by atoms with Gasteiger partial charge in [-0.15, -0.1) is 0 Å². The summed E-state index contributed by atoms with van der Waals surface area (Å²) in [6, 6.07) is 13.6. The number of hydrogen-bond acceptors (Lipinski definition) is 4. The number of anilines is 2. The number of nitrogens with one attached hydrogen (secondary N) is 2. The summed E-state index contributed by atoms with van der Waals surface area (Å²) in [5.74, 6) is -1.48. The summed E-state index contributed by atoms with van der Waals surface area (Å²) in [6.45, 7) is 1.90. The highest BCUT2D eigenvalue weighted by Crippen LogP contribution is 2.19. The van der Waals surface area contributed by atoms with Gasteiger partial charge < -0.3 is 10.6 Å². The minimum atomic E-state index is -0.592. The highest BCUT2D eigenvalue weighted by molar-refractivity contribution is 6.31. The number of carbonyl (C=O) groups excluding carboxylic acids is 2.